The van der Waals surface area contributed by atoms with Crippen molar-refractivity contribution in [2.24, 2.45) is 0 Å². The van der Waals surface area contributed by atoms with Crippen molar-refractivity contribution in [3.05, 3.63) is 64.2 Å². The maximum atomic E-state index is 11.4. The van der Waals surface area contributed by atoms with Crippen LogP contribution < -0.4 is 4.90 Å². The van der Waals surface area contributed by atoms with Crippen LogP contribution >= 0.6 is 11.6 Å². The molecule has 3 heteroatoms. The van der Waals surface area contributed by atoms with E-state index in [0.29, 0.717) is 0 Å². The van der Waals surface area contributed by atoms with Crippen LogP contribution in [0, 0.1) is 0 Å². The molecule has 0 unspecified atom stereocenters. The summed E-state index contributed by atoms with van der Waals surface area (Å²) < 4.78 is 0. The zero-order chi connectivity index (χ0) is 14.1. The maximum absolute atomic E-state index is 11.4. The Balaban J connectivity index is 1.84. The van der Waals surface area contributed by atoms with Gasteiger partial charge >= 0.3 is 0 Å². The minimum Gasteiger partial charge on any atom is -0.367 e. The largest absolute Gasteiger partial charge is 0.367 e. The maximum Gasteiger partial charge on any atom is 0.159 e. The number of ketones is 1. The summed E-state index contributed by atoms with van der Waals surface area (Å²) in [6, 6.07) is 14.0. The van der Waals surface area contributed by atoms with Crippen molar-refractivity contribution in [3.63, 3.8) is 0 Å². The van der Waals surface area contributed by atoms with Crippen molar-refractivity contribution < 1.29 is 4.79 Å². The van der Waals surface area contributed by atoms with Crippen molar-refractivity contribution in [2.45, 2.75) is 19.9 Å². The van der Waals surface area contributed by atoms with Gasteiger partial charge in [0, 0.05) is 29.4 Å². The molecule has 1 heterocycles. The summed E-state index contributed by atoms with van der Waals surface area (Å²) in [4.78, 5) is 13.8. The number of hydrogen-bond acceptors (Lipinski definition) is 2. The Kier molecular flexibility index (Phi) is 3.49. The fourth-order valence-corrected chi connectivity index (χ4v) is 2.92. The third-order valence-corrected chi connectivity index (χ3v) is 3.98. The first-order valence-electron chi connectivity index (χ1n) is 6.77. The number of carbonyl (C=O) groups is 1. The molecule has 0 aliphatic carbocycles. The highest BCUT2D eigenvalue weighted by atomic mass is 35.5. The summed E-state index contributed by atoms with van der Waals surface area (Å²) >= 11 is 6.03. The molecule has 2 aromatic carbocycles. The summed E-state index contributed by atoms with van der Waals surface area (Å²) in [5.41, 5.74) is 4.50. The molecule has 0 fully saturated rings. The SMILES string of the molecule is CC(=O)c1ccc2c(c1)CCN2Cc1cccc(Cl)c1. The van der Waals surface area contributed by atoms with Gasteiger partial charge in [0.2, 0.25) is 0 Å². The number of halogens is 1. The van der Waals surface area contributed by atoms with Gasteiger partial charge in [-0.2, -0.15) is 0 Å². The van der Waals surface area contributed by atoms with Crippen molar-refractivity contribution in [2.75, 3.05) is 11.4 Å². The van der Waals surface area contributed by atoms with Crippen molar-refractivity contribution in [1.29, 1.82) is 0 Å². The number of rotatable bonds is 3. The minimum absolute atomic E-state index is 0.126. The summed E-state index contributed by atoms with van der Waals surface area (Å²) in [7, 11) is 0. The summed E-state index contributed by atoms with van der Waals surface area (Å²) in [6.45, 7) is 3.45. The van der Waals surface area contributed by atoms with E-state index in [2.05, 4.69) is 17.0 Å². The zero-order valence-electron chi connectivity index (χ0n) is 11.4. The van der Waals surface area contributed by atoms with Gasteiger partial charge in [-0.1, -0.05) is 23.7 Å². The Hall–Kier alpha value is -1.80. The van der Waals surface area contributed by atoms with E-state index in [1.807, 2.05) is 30.3 Å². The molecule has 0 saturated heterocycles. The molecular weight excluding hydrogens is 270 g/mol. The molecule has 20 heavy (non-hydrogen) atoms. The molecule has 0 aromatic heterocycles. The van der Waals surface area contributed by atoms with Crippen LogP contribution in [0.5, 0.6) is 0 Å². The molecule has 2 aromatic rings. The predicted octanol–water partition coefficient (Wildman–Crippen LogP) is 4.11. The van der Waals surface area contributed by atoms with Gasteiger partial charge in [-0.15, -0.1) is 0 Å². The lowest BCUT2D eigenvalue weighted by atomic mass is 10.1. The minimum atomic E-state index is 0.126. The van der Waals surface area contributed by atoms with Crippen LogP contribution in [-0.2, 0) is 13.0 Å². The van der Waals surface area contributed by atoms with Gasteiger partial charge in [0.25, 0.3) is 0 Å². The predicted molar refractivity (Wildman–Crippen MR) is 82.7 cm³/mol. The molecular formula is C17H16ClNO. The Morgan fingerprint density at radius 1 is 1.25 bits per heavy atom. The Morgan fingerprint density at radius 2 is 2.10 bits per heavy atom. The zero-order valence-corrected chi connectivity index (χ0v) is 12.2. The molecule has 0 saturated carbocycles. The van der Waals surface area contributed by atoms with Crippen molar-refractivity contribution in [1.82, 2.24) is 0 Å². The highest BCUT2D eigenvalue weighted by Gasteiger charge is 2.20. The van der Waals surface area contributed by atoms with E-state index in [0.717, 1.165) is 30.1 Å². The van der Waals surface area contributed by atoms with E-state index in [-0.39, 0.29) is 5.78 Å². The van der Waals surface area contributed by atoms with Crippen LogP contribution in [0.4, 0.5) is 5.69 Å². The quantitative estimate of drug-likeness (QED) is 0.791. The summed E-state index contributed by atoms with van der Waals surface area (Å²) in [5, 5.41) is 0.772. The Morgan fingerprint density at radius 3 is 2.85 bits per heavy atom. The monoisotopic (exact) mass is 285 g/mol. The lowest BCUT2D eigenvalue weighted by molar-refractivity contribution is 0.101. The second-order valence-corrected chi connectivity index (χ2v) is 5.64. The number of carbonyl (C=O) groups excluding carboxylic acids is 1. The van der Waals surface area contributed by atoms with Gasteiger partial charge in [-0.3, -0.25) is 4.79 Å². The van der Waals surface area contributed by atoms with Crippen molar-refractivity contribution >= 4 is 23.1 Å². The molecule has 0 atom stereocenters. The highest BCUT2D eigenvalue weighted by Crippen LogP contribution is 2.30. The summed E-state index contributed by atoms with van der Waals surface area (Å²) in [6.07, 6.45) is 0.997. The molecule has 0 spiro atoms. The number of benzene rings is 2. The smallest absolute Gasteiger partial charge is 0.159 e. The molecule has 0 bridgehead atoms. The van der Waals surface area contributed by atoms with Crippen LogP contribution in [0.2, 0.25) is 5.02 Å². The lowest BCUT2D eigenvalue weighted by Crippen LogP contribution is -2.19. The van der Waals surface area contributed by atoms with E-state index >= 15 is 0 Å². The topological polar surface area (TPSA) is 20.3 Å². The standard InChI is InChI=1S/C17H16ClNO/c1-12(20)14-5-6-17-15(10-14)7-8-19(17)11-13-3-2-4-16(18)9-13/h2-6,9-10H,7-8,11H2,1H3. The average molecular weight is 286 g/mol. The van der Waals surface area contributed by atoms with Crippen LogP contribution in [-0.4, -0.2) is 12.3 Å². The van der Waals surface area contributed by atoms with Crippen LogP contribution in [0.25, 0.3) is 0 Å². The fraction of sp³-hybridized carbons (Fsp3) is 0.235. The van der Waals surface area contributed by atoms with E-state index in [1.165, 1.54) is 16.8 Å². The first kappa shape index (κ1) is 13.2. The van der Waals surface area contributed by atoms with Gasteiger partial charge in [0.05, 0.1) is 0 Å². The molecule has 2 nitrogen and oxygen atoms in total. The van der Waals surface area contributed by atoms with Gasteiger partial charge in [-0.25, -0.2) is 0 Å². The number of nitrogens with zero attached hydrogens (tertiary/aromatic N) is 1. The Labute approximate surface area is 124 Å². The molecule has 102 valence electrons. The van der Waals surface area contributed by atoms with Crippen molar-refractivity contribution in [3.8, 4) is 0 Å². The second-order valence-electron chi connectivity index (χ2n) is 5.20. The number of Topliss-reactive ketones (excluding diaryl/α,β-unsaturated/α-hetero) is 1. The van der Waals surface area contributed by atoms with Gasteiger partial charge < -0.3 is 4.90 Å². The molecule has 1 aliphatic heterocycles. The molecule has 3 rings (SSSR count). The Bertz CT molecular complexity index is 666. The normalized spacial score (nSPS) is 13.4. The molecule has 1 aliphatic rings. The third-order valence-electron chi connectivity index (χ3n) is 3.74. The number of fused-ring (bicyclic) bond motifs is 1. The van der Waals surface area contributed by atoms with Gasteiger partial charge in [-0.05, 0) is 54.8 Å². The summed E-state index contributed by atoms with van der Waals surface area (Å²) in [5.74, 6) is 0.126. The van der Waals surface area contributed by atoms with Gasteiger partial charge in [0.15, 0.2) is 5.78 Å². The lowest BCUT2D eigenvalue weighted by Gasteiger charge is -2.19. The molecule has 0 radical (unpaired) electrons. The number of anilines is 1. The van der Waals surface area contributed by atoms with Crippen LogP contribution in [0.3, 0.4) is 0 Å². The van der Waals surface area contributed by atoms with E-state index in [1.54, 1.807) is 6.92 Å². The first-order chi connectivity index (χ1) is 9.63. The average Bonchev–Trinajstić information content (AvgIpc) is 2.81. The third kappa shape index (κ3) is 2.56. The molecule has 0 N–H and O–H groups in total. The van der Waals surface area contributed by atoms with E-state index < -0.39 is 0 Å². The highest BCUT2D eigenvalue weighted by molar-refractivity contribution is 6.30. The molecule has 0 amide bonds. The second kappa shape index (κ2) is 5.29. The van der Waals surface area contributed by atoms with Crippen LogP contribution in [0.15, 0.2) is 42.5 Å². The fourth-order valence-electron chi connectivity index (χ4n) is 2.71. The van der Waals surface area contributed by atoms with Crippen LogP contribution in [0.1, 0.15) is 28.4 Å². The number of hydrogen-bond donors (Lipinski definition) is 0. The van der Waals surface area contributed by atoms with Gasteiger partial charge in [0.1, 0.15) is 0 Å². The van der Waals surface area contributed by atoms with E-state index in [4.69, 9.17) is 11.6 Å². The van der Waals surface area contributed by atoms with E-state index in [9.17, 15) is 4.79 Å². The first-order valence-corrected chi connectivity index (χ1v) is 7.14.